The Morgan fingerprint density at radius 3 is 2.54 bits per heavy atom. The number of fused-ring (bicyclic) bond motifs is 3. The van der Waals surface area contributed by atoms with Crippen LogP contribution < -0.4 is 21.1 Å². The molecule has 144 valence electrons. The Morgan fingerprint density at radius 2 is 1.75 bits per heavy atom. The van der Waals surface area contributed by atoms with E-state index in [9.17, 15) is 0 Å². The predicted molar refractivity (Wildman–Crippen MR) is 116 cm³/mol. The van der Waals surface area contributed by atoms with Crippen LogP contribution in [0.25, 0.3) is 10.9 Å². The summed E-state index contributed by atoms with van der Waals surface area (Å²) in [6, 6.07) is 17.0. The lowest BCUT2D eigenvalue weighted by Crippen LogP contribution is -2.44. The molecule has 6 nitrogen and oxygen atoms in total. The zero-order valence-electron chi connectivity index (χ0n) is 16.4. The first kappa shape index (κ1) is 17.3. The summed E-state index contributed by atoms with van der Waals surface area (Å²) < 4.78 is 0. The molecule has 0 saturated carbocycles. The van der Waals surface area contributed by atoms with Gasteiger partial charge in [0.2, 0.25) is 0 Å². The van der Waals surface area contributed by atoms with Gasteiger partial charge in [-0.15, -0.1) is 0 Å². The Balaban J connectivity index is 1.41. The minimum absolute atomic E-state index is 0.423. The molecule has 1 aromatic heterocycles. The van der Waals surface area contributed by atoms with Gasteiger partial charge in [-0.05, 0) is 44.3 Å². The molecular formula is C22H26N6. The third kappa shape index (κ3) is 2.95. The molecule has 6 heteroatoms. The average Bonchev–Trinajstić information content (AvgIpc) is 3.06. The van der Waals surface area contributed by atoms with Crippen LogP contribution in [0.4, 0.5) is 17.1 Å². The van der Waals surface area contributed by atoms with Crippen molar-refractivity contribution in [3.8, 4) is 0 Å². The van der Waals surface area contributed by atoms with Gasteiger partial charge < -0.3 is 20.5 Å². The van der Waals surface area contributed by atoms with Crippen molar-refractivity contribution in [2.75, 3.05) is 48.9 Å². The highest BCUT2D eigenvalue weighted by Crippen LogP contribution is 2.38. The van der Waals surface area contributed by atoms with Gasteiger partial charge in [-0.1, -0.05) is 18.2 Å². The van der Waals surface area contributed by atoms with E-state index in [2.05, 4.69) is 87.4 Å². The van der Waals surface area contributed by atoms with E-state index in [1.807, 2.05) is 12.3 Å². The fraction of sp³-hybridized carbons (Fsp3) is 0.318. The SMILES string of the molecule is CN1CCN(c2ccc(NC3(C)NNc4cnc5ccccc5c43)cc2)CC1. The normalized spacial score (nSPS) is 22.1. The van der Waals surface area contributed by atoms with Gasteiger partial charge in [0.1, 0.15) is 5.66 Å². The first-order valence-corrected chi connectivity index (χ1v) is 9.85. The first-order chi connectivity index (χ1) is 13.6. The summed E-state index contributed by atoms with van der Waals surface area (Å²) in [5, 5.41) is 4.83. The van der Waals surface area contributed by atoms with Crippen molar-refractivity contribution in [2.24, 2.45) is 0 Å². The molecule has 28 heavy (non-hydrogen) atoms. The lowest BCUT2D eigenvalue weighted by atomic mass is 9.97. The number of likely N-dealkylation sites (N-methyl/N-ethyl adjacent to an activating group) is 1. The highest BCUT2D eigenvalue weighted by molar-refractivity contribution is 5.89. The summed E-state index contributed by atoms with van der Waals surface area (Å²) in [4.78, 5) is 9.39. The van der Waals surface area contributed by atoms with Crippen LogP contribution >= 0.6 is 0 Å². The molecule has 3 aromatic rings. The molecule has 3 heterocycles. The second-order valence-electron chi connectivity index (χ2n) is 7.90. The van der Waals surface area contributed by atoms with Gasteiger partial charge in [0, 0.05) is 48.5 Å². The lowest BCUT2D eigenvalue weighted by Gasteiger charge is -2.34. The number of aromatic nitrogens is 1. The fourth-order valence-electron chi connectivity index (χ4n) is 4.23. The van der Waals surface area contributed by atoms with Crippen LogP contribution in [0.15, 0.2) is 54.7 Å². The maximum atomic E-state index is 4.55. The largest absolute Gasteiger partial charge is 0.369 e. The monoisotopic (exact) mass is 374 g/mol. The van der Waals surface area contributed by atoms with E-state index in [-0.39, 0.29) is 0 Å². The lowest BCUT2D eigenvalue weighted by molar-refractivity contribution is 0.313. The van der Waals surface area contributed by atoms with Crippen molar-refractivity contribution < 1.29 is 0 Å². The molecule has 0 bridgehead atoms. The van der Waals surface area contributed by atoms with Gasteiger partial charge in [-0.3, -0.25) is 4.98 Å². The standard InChI is InChI=1S/C22H26N6/c1-22(21-18-5-3-4-6-19(18)23-15-20(21)25-26-22)24-16-7-9-17(10-8-16)28-13-11-27(2)12-14-28/h3-10,15,24-26H,11-14H2,1-2H3. The van der Waals surface area contributed by atoms with Crippen LogP contribution in [0.2, 0.25) is 0 Å². The van der Waals surface area contributed by atoms with Gasteiger partial charge in [0.05, 0.1) is 17.4 Å². The van der Waals surface area contributed by atoms with Crippen LogP contribution in [0.5, 0.6) is 0 Å². The van der Waals surface area contributed by atoms with Gasteiger partial charge in [0.15, 0.2) is 0 Å². The zero-order valence-corrected chi connectivity index (χ0v) is 16.4. The maximum Gasteiger partial charge on any atom is 0.131 e. The van der Waals surface area contributed by atoms with Crippen molar-refractivity contribution in [2.45, 2.75) is 12.6 Å². The van der Waals surface area contributed by atoms with Crippen LogP contribution in [0.3, 0.4) is 0 Å². The number of nitrogens with one attached hydrogen (secondary N) is 3. The average molecular weight is 374 g/mol. The van der Waals surface area contributed by atoms with E-state index in [0.717, 1.165) is 48.5 Å². The Morgan fingerprint density at radius 1 is 1.00 bits per heavy atom. The molecule has 0 radical (unpaired) electrons. The third-order valence-corrected chi connectivity index (χ3v) is 5.85. The Labute approximate surface area is 165 Å². The summed E-state index contributed by atoms with van der Waals surface area (Å²) in [7, 11) is 2.19. The van der Waals surface area contributed by atoms with Gasteiger partial charge in [-0.25, -0.2) is 5.43 Å². The summed E-state index contributed by atoms with van der Waals surface area (Å²) in [6.45, 7) is 6.56. The van der Waals surface area contributed by atoms with Gasteiger partial charge >= 0.3 is 0 Å². The van der Waals surface area contributed by atoms with E-state index >= 15 is 0 Å². The number of hydrogen-bond acceptors (Lipinski definition) is 6. The second kappa shape index (κ2) is 6.65. The summed E-state index contributed by atoms with van der Waals surface area (Å²) in [5.74, 6) is 0. The molecule has 5 rings (SSSR count). The molecular weight excluding hydrogens is 348 g/mol. The molecule has 0 amide bonds. The minimum atomic E-state index is -0.423. The molecule has 2 aromatic carbocycles. The van der Waals surface area contributed by atoms with Crippen LogP contribution in [-0.2, 0) is 5.66 Å². The van der Waals surface area contributed by atoms with Gasteiger partial charge in [0.25, 0.3) is 0 Å². The number of rotatable bonds is 3. The highest BCUT2D eigenvalue weighted by Gasteiger charge is 2.36. The van der Waals surface area contributed by atoms with E-state index in [1.54, 1.807) is 0 Å². The van der Waals surface area contributed by atoms with E-state index in [0.29, 0.717) is 0 Å². The summed E-state index contributed by atoms with van der Waals surface area (Å²) in [6.07, 6.45) is 1.90. The minimum Gasteiger partial charge on any atom is -0.369 e. The molecule has 1 saturated heterocycles. The Bertz CT molecular complexity index is 994. The number of anilines is 3. The van der Waals surface area contributed by atoms with Gasteiger partial charge in [-0.2, -0.15) is 0 Å². The van der Waals surface area contributed by atoms with Crippen molar-refractivity contribution in [3.63, 3.8) is 0 Å². The molecule has 2 aliphatic rings. The molecule has 0 aliphatic carbocycles. The molecule has 3 N–H and O–H groups in total. The van der Waals surface area contributed by atoms with E-state index in [4.69, 9.17) is 0 Å². The maximum absolute atomic E-state index is 4.55. The molecule has 1 unspecified atom stereocenters. The van der Waals surface area contributed by atoms with Crippen molar-refractivity contribution in [3.05, 3.63) is 60.3 Å². The highest BCUT2D eigenvalue weighted by atomic mass is 15.5. The van der Waals surface area contributed by atoms with Crippen molar-refractivity contribution in [1.29, 1.82) is 0 Å². The number of benzene rings is 2. The summed E-state index contributed by atoms with van der Waals surface area (Å²) >= 11 is 0. The quantitative estimate of drug-likeness (QED) is 0.655. The van der Waals surface area contributed by atoms with Crippen molar-refractivity contribution in [1.82, 2.24) is 15.3 Å². The van der Waals surface area contributed by atoms with Crippen LogP contribution in [0.1, 0.15) is 12.5 Å². The third-order valence-electron chi connectivity index (χ3n) is 5.85. The molecule has 1 atom stereocenters. The van der Waals surface area contributed by atoms with E-state index in [1.165, 1.54) is 11.3 Å². The number of nitrogens with zero attached hydrogens (tertiary/aromatic N) is 3. The zero-order chi connectivity index (χ0) is 19.1. The number of para-hydroxylation sites is 1. The van der Waals surface area contributed by atoms with E-state index < -0.39 is 5.66 Å². The predicted octanol–water partition coefficient (Wildman–Crippen LogP) is 3.20. The van der Waals surface area contributed by atoms with Crippen LogP contribution in [-0.4, -0.2) is 43.1 Å². The summed E-state index contributed by atoms with van der Waals surface area (Å²) in [5.41, 5.74) is 11.9. The number of hydrazine groups is 1. The fourth-order valence-corrected chi connectivity index (χ4v) is 4.23. The van der Waals surface area contributed by atoms with Crippen LogP contribution in [0, 0.1) is 0 Å². The number of piperazine rings is 1. The molecule has 0 spiro atoms. The second-order valence-corrected chi connectivity index (χ2v) is 7.90. The molecule has 1 fully saturated rings. The number of hydrogen-bond donors (Lipinski definition) is 3. The topological polar surface area (TPSA) is 55.5 Å². The number of pyridine rings is 1. The Kier molecular flexibility index (Phi) is 4.10. The Hall–Kier alpha value is -2.83. The van der Waals surface area contributed by atoms with Crippen molar-refractivity contribution >= 4 is 28.0 Å². The first-order valence-electron chi connectivity index (χ1n) is 9.85. The smallest absolute Gasteiger partial charge is 0.131 e. The molecule has 2 aliphatic heterocycles.